The zero-order valence-corrected chi connectivity index (χ0v) is 15.2. The van der Waals surface area contributed by atoms with Gasteiger partial charge in [0.2, 0.25) is 0 Å². The van der Waals surface area contributed by atoms with Crippen LogP contribution in [0.15, 0.2) is 66.9 Å². The molecule has 0 fully saturated rings. The lowest BCUT2D eigenvalue weighted by atomic mass is 10.1. The largest absolute Gasteiger partial charge is 0.322 e. The first-order chi connectivity index (χ1) is 12.7. The highest BCUT2D eigenvalue weighted by Gasteiger charge is 2.08. The van der Waals surface area contributed by atoms with Gasteiger partial charge in [0.15, 0.2) is 0 Å². The molecule has 0 atom stereocenters. The van der Waals surface area contributed by atoms with E-state index in [1.54, 1.807) is 23.5 Å². The van der Waals surface area contributed by atoms with Gasteiger partial charge in [0.25, 0.3) is 5.91 Å². The SMILES string of the molecule is O=C(Nc1ccc(Cc2nc3ccccc3s2)cc1)c1ccnc(Cl)c1. The summed E-state index contributed by atoms with van der Waals surface area (Å²) in [6, 6.07) is 19.1. The van der Waals surface area contributed by atoms with E-state index in [9.17, 15) is 4.79 Å². The second-order valence-electron chi connectivity index (χ2n) is 5.77. The fourth-order valence-electron chi connectivity index (χ4n) is 2.62. The van der Waals surface area contributed by atoms with Crippen LogP contribution >= 0.6 is 22.9 Å². The summed E-state index contributed by atoms with van der Waals surface area (Å²) in [5.74, 6) is -0.215. The molecule has 0 spiro atoms. The van der Waals surface area contributed by atoms with Crippen molar-refractivity contribution >= 4 is 44.7 Å². The standard InChI is InChI=1S/C20H14ClN3OS/c21-18-12-14(9-10-22-18)20(25)23-15-7-5-13(6-8-15)11-19-24-16-3-1-2-4-17(16)26-19/h1-10,12H,11H2,(H,23,25). The second kappa shape index (κ2) is 7.23. The number of halogens is 1. The monoisotopic (exact) mass is 379 g/mol. The molecule has 1 N–H and O–H groups in total. The molecule has 2 aromatic heterocycles. The van der Waals surface area contributed by atoms with Crippen LogP contribution in [0.3, 0.4) is 0 Å². The van der Waals surface area contributed by atoms with Crippen molar-refractivity contribution in [2.45, 2.75) is 6.42 Å². The number of amides is 1. The number of rotatable bonds is 4. The highest BCUT2D eigenvalue weighted by Crippen LogP contribution is 2.24. The Hall–Kier alpha value is -2.76. The van der Waals surface area contributed by atoms with Crippen molar-refractivity contribution in [3.63, 3.8) is 0 Å². The van der Waals surface area contributed by atoms with Gasteiger partial charge < -0.3 is 5.32 Å². The minimum absolute atomic E-state index is 0.215. The van der Waals surface area contributed by atoms with E-state index in [0.29, 0.717) is 10.7 Å². The second-order valence-corrected chi connectivity index (χ2v) is 7.27. The maximum absolute atomic E-state index is 12.2. The number of nitrogens with zero attached hydrogens (tertiary/aromatic N) is 2. The maximum Gasteiger partial charge on any atom is 0.255 e. The molecule has 2 aromatic carbocycles. The van der Waals surface area contributed by atoms with E-state index < -0.39 is 0 Å². The summed E-state index contributed by atoms with van der Waals surface area (Å²) in [7, 11) is 0. The normalized spacial score (nSPS) is 10.8. The summed E-state index contributed by atoms with van der Waals surface area (Å²) < 4.78 is 1.20. The number of aromatic nitrogens is 2. The van der Waals surface area contributed by atoms with Crippen LogP contribution in [0, 0.1) is 0 Å². The third-order valence-electron chi connectivity index (χ3n) is 3.89. The average Bonchev–Trinajstić information content (AvgIpc) is 3.05. The molecule has 128 valence electrons. The molecule has 0 aliphatic heterocycles. The van der Waals surface area contributed by atoms with Gasteiger partial charge in [-0.05, 0) is 42.0 Å². The number of benzene rings is 2. The van der Waals surface area contributed by atoms with Crippen LogP contribution in [0.4, 0.5) is 5.69 Å². The third kappa shape index (κ3) is 3.74. The Bertz CT molecular complexity index is 1040. The number of hydrogen-bond acceptors (Lipinski definition) is 4. The first-order valence-corrected chi connectivity index (χ1v) is 9.23. The number of hydrogen-bond donors (Lipinski definition) is 1. The molecule has 0 saturated carbocycles. The minimum atomic E-state index is -0.215. The van der Waals surface area contributed by atoms with Crippen LogP contribution in [0.25, 0.3) is 10.2 Å². The van der Waals surface area contributed by atoms with E-state index in [1.807, 2.05) is 42.5 Å². The van der Waals surface area contributed by atoms with Crippen LogP contribution in [-0.2, 0) is 6.42 Å². The van der Waals surface area contributed by atoms with E-state index in [2.05, 4.69) is 21.4 Å². The zero-order chi connectivity index (χ0) is 17.9. The van der Waals surface area contributed by atoms with Crippen LogP contribution in [0.5, 0.6) is 0 Å². The lowest BCUT2D eigenvalue weighted by Crippen LogP contribution is -2.11. The van der Waals surface area contributed by atoms with Gasteiger partial charge in [-0.3, -0.25) is 4.79 Å². The summed E-state index contributed by atoms with van der Waals surface area (Å²) in [5.41, 5.74) is 3.39. The number of pyridine rings is 1. The molecular weight excluding hydrogens is 366 g/mol. The first-order valence-electron chi connectivity index (χ1n) is 8.04. The van der Waals surface area contributed by atoms with Gasteiger partial charge in [-0.15, -0.1) is 11.3 Å². The number of fused-ring (bicyclic) bond motifs is 1. The molecule has 4 aromatic rings. The van der Waals surface area contributed by atoms with Gasteiger partial charge >= 0.3 is 0 Å². The lowest BCUT2D eigenvalue weighted by Gasteiger charge is -2.06. The highest BCUT2D eigenvalue weighted by atomic mass is 35.5. The number of para-hydroxylation sites is 1. The molecule has 0 saturated heterocycles. The molecule has 26 heavy (non-hydrogen) atoms. The summed E-state index contributed by atoms with van der Waals surface area (Å²) in [6.45, 7) is 0. The van der Waals surface area contributed by atoms with Crippen molar-refractivity contribution in [1.82, 2.24) is 9.97 Å². The molecule has 4 nitrogen and oxygen atoms in total. The number of carbonyl (C=O) groups excluding carboxylic acids is 1. The Morgan fingerprint density at radius 1 is 1.08 bits per heavy atom. The van der Waals surface area contributed by atoms with Crippen molar-refractivity contribution in [1.29, 1.82) is 0 Å². The fraction of sp³-hybridized carbons (Fsp3) is 0.0500. The van der Waals surface area contributed by atoms with Crippen LogP contribution in [0.2, 0.25) is 5.15 Å². The van der Waals surface area contributed by atoms with Gasteiger partial charge in [-0.1, -0.05) is 35.9 Å². The molecule has 0 bridgehead atoms. The van der Waals surface area contributed by atoms with Gasteiger partial charge in [0, 0.05) is 23.9 Å². The van der Waals surface area contributed by atoms with E-state index in [0.717, 1.165) is 28.2 Å². The number of nitrogens with one attached hydrogen (secondary N) is 1. The molecule has 0 unspecified atom stereocenters. The Balaban J connectivity index is 1.45. The lowest BCUT2D eigenvalue weighted by molar-refractivity contribution is 0.102. The molecular formula is C20H14ClN3OS. The Morgan fingerprint density at radius 3 is 2.65 bits per heavy atom. The van der Waals surface area contributed by atoms with Gasteiger partial charge in [0.05, 0.1) is 15.2 Å². The van der Waals surface area contributed by atoms with E-state index in [4.69, 9.17) is 11.6 Å². The molecule has 0 aliphatic rings. The number of anilines is 1. The quantitative estimate of drug-likeness (QED) is 0.496. The summed E-state index contributed by atoms with van der Waals surface area (Å²) in [5, 5.41) is 4.23. The number of thiazole rings is 1. The molecule has 6 heteroatoms. The Morgan fingerprint density at radius 2 is 1.88 bits per heavy atom. The zero-order valence-electron chi connectivity index (χ0n) is 13.6. The maximum atomic E-state index is 12.2. The smallest absolute Gasteiger partial charge is 0.255 e. The summed E-state index contributed by atoms with van der Waals surface area (Å²) in [6.07, 6.45) is 2.28. The molecule has 1 amide bonds. The van der Waals surface area contributed by atoms with Crippen molar-refractivity contribution in [2.24, 2.45) is 0 Å². The van der Waals surface area contributed by atoms with Crippen molar-refractivity contribution in [3.05, 3.63) is 88.1 Å². The highest BCUT2D eigenvalue weighted by molar-refractivity contribution is 7.18. The molecule has 0 aliphatic carbocycles. The average molecular weight is 380 g/mol. The van der Waals surface area contributed by atoms with E-state index in [1.165, 1.54) is 10.9 Å². The Labute approximate surface area is 159 Å². The van der Waals surface area contributed by atoms with Gasteiger partial charge in [-0.2, -0.15) is 0 Å². The third-order valence-corrected chi connectivity index (χ3v) is 5.14. The van der Waals surface area contributed by atoms with Crippen LogP contribution < -0.4 is 5.32 Å². The number of carbonyl (C=O) groups is 1. The summed E-state index contributed by atoms with van der Waals surface area (Å²) >= 11 is 7.53. The minimum Gasteiger partial charge on any atom is -0.322 e. The van der Waals surface area contributed by atoms with E-state index in [-0.39, 0.29) is 5.91 Å². The van der Waals surface area contributed by atoms with Gasteiger partial charge in [0.1, 0.15) is 5.15 Å². The fourth-order valence-corrected chi connectivity index (χ4v) is 3.80. The van der Waals surface area contributed by atoms with E-state index >= 15 is 0 Å². The van der Waals surface area contributed by atoms with Crippen molar-refractivity contribution in [3.8, 4) is 0 Å². The van der Waals surface area contributed by atoms with Crippen molar-refractivity contribution in [2.75, 3.05) is 5.32 Å². The van der Waals surface area contributed by atoms with Gasteiger partial charge in [-0.25, -0.2) is 9.97 Å². The predicted molar refractivity (Wildman–Crippen MR) is 106 cm³/mol. The summed E-state index contributed by atoms with van der Waals surface area (Å²) in [4.78, 5) is 20.8. The molecule has 4 rings (SSSR count). The van der Waals surface area contributed by atoms with Crippen LogP contribution in [0.1, 0.15) is 20.9 Å². The predicted octanol–water partition coefficient (Wildman–Crippen LogP) is 5.19. The topological polar surface area (TPSA) is 54.9 Å². The molecule has 2 heterocycles. The molecule has 0 radical (unpaired) electrons. The first kappa shape index (κ1) is 16.7. The Kier molecular flexibility index (Phi) is 4.65. The van der Waals surface area contributed by atoms with Crippen molar-refractivity contribution < 1.29 is 4.79 Å². The van der Waals surface area contributed by atoms with Crippen LogP contribution in [-0.4, -0.2) is 15.9 Å².